The average Bonchev–Trinajstić information content (AvgIpc) is 3.15. The molecule has 4 aliphatic carbocycles. The quantitative estimate of drug-likeness (QED) is 0.354. The van der Waals surface area contributed by atoms with Crippen LogP contribution in [0, 0.1) is 52.3 Å². The van der Waals surface area contributed by atoms with E-state index in [4.69, 9.17) is 4.18 Å². The maximum atomic E-state index is 12.6. The number of rotatable bonds is 7. The third kappa shape index (κ3) is 3.57. The second kappa shape index (κ2) is 8.62. The zero-order valence-electron chi connectivity index (χ0n) is 20.7. The van der Waals surface area contributed by atoms with E-state index >= 15 is 0 Å². The largest absolute Gasteiger partial charge is 0.388 e. The first-order valence-electron chi connectivity index (χ1n) is 13.0. The smallest absolute Gasteiger partial charge is 0.126 e. The Labute approximate surface area is 195 Å². The summed E-state index contributed by atoms with van der Waals surface area (Å²) in [6.07, 6.45) is 13.4. The van der Waals surface area contributed by atoms with Crippen LogP contribution in [-0.2, 0) is 8.98 Å². The van der Waals surface area contributed by atoms with Gasteiger partial charge in [0.25, 0.3) is 0 Å². The van der Waals surface area contributed by atoms with Crippen LogP contribution in [0.25, 0.3) is 0 Å². The van der Waals surface area contributed by atoms with Crippen LogP contribution >= 0.6 is 12.0 Å². The summed E-state index contributed by atoms with van der Waals surface area (Å²) < 4.78 is 5.89. The highest BCUT2D eigenvalue weighted by molar-refractivity contribution is 7.93. The van der Waals surface area contributed by atoms with Crippen LogP contribution in [0.3, 0.4) is 0 Å². The first-order valence-corrected chi connectivity index (χ1v) is 14.1. The van der Waals surface area contributed by atoms with E-state index in [2.05, 4.69) is 34.6 Å². The summed E-state index contributed by atoms with van der Waals surface area (Å²) in [5.41, 5.74) is -0.728. The minimum atomic E-state index is -0.907. The molecule has 3 nitrogen and oxygen atoms in total. The molecule has 0 aromatic heterocycles. The molecule has 4 fully saturated rings. The van der Waals surface area contributed by atoms with Crippen LogP contribution in [0.5, 0.6) is 0 Å². The van der Waals surface area contributed by atoms with E-state index in [1.165, 1.54) is 50.6 Å². The zero-order chi connectivity index (χ0) is 22.6. The van der Waals surface area contributed by atoms with Crippen LogP contribution in [0.15, 0.2) is 0 Å². The Bertz CT molecular complexity index is 667. The van der Waals surface area contributed by atoms with Gasteiger partial charge in [-0.25, -0.2) is 0 Å². The average molecular weight is 451 g/mol. The molecule has 4 unspecified atom stereocenters. The lowest BCUT2D eigenvalue weighted by Gasteiger charge is -2.52. The first-order chi connectivity index (χ1) is 14.6. The number of aldehydes is 1. The molecule has 0 aromatic carbocycles. The summed E-state index contributed by atoms with van der Waals surface area (Å²) in [7, 11) is 0. The molecule has 0 heterocycles. The molecule has 0 aliphatic heterocycles. The van der Waals surface area contributed by atoms with Crippen molar-refractivity contribution >= 4 is 18.3 Å². The van der Waals surface area contributed by atoms with Gasteiger partial charge in [-0.3, -0.25) is 0 Å². The summed E-state index contributed by atoms with van der Waals surface area (Å²) in [5.74, 6) is 3.47. The monoisotopic (exact) mass is 450 g/mol. The molecule has 4 aliphatic rings. The number of aliphatic hydroxyl groups is 1. The van der Waals surface area contributed by atoms with Crippen molar-refractivity contribution in [1.29, 1.82) is 0 Å². The fraction of sp³-hybridized carbons (Fsp3) is 0.963. The van der Waals surface area contributed by atoms with E-state index in [-0.39, 0.29) is 17.4 Å². The maximum absolute atomic E-state index is 12.6. The van der Waals surface area contributed by atoms with Crippen LogP contribution in [0.2, 0.25) is 0 Å². The molecule has 0 aromatic rings. The first kappa shape index (κ1) is 24.1. The molecule has 4 saturated carbocycles. The maximum Gasteiger partial charge on any atom is 0.126 e. The highest BCUT2D eigenvalue weighted by Crippen LogP contribution is 2.73. The van der Waals surface area contributed by atoms with Crippen molar-refractivity contribution in [2.75, 3.05) is 6.26 Å². The highest BCUT2D eigenvalue weighted by atomic mass is 32.2. The van der Waals surface area contributed by atoms with Crippen LogP contribution in [-0.4, -0.2) is 29.4 Å². The Hall–Kier alpha value is -0.0600. The molecule has 4 rings (SSSR count). The van der Waals surface area contributed by atoms with Crippen molar-refractivity contribution in [3.8, 4) is 0 Å². The lowest BCUT2D eigenvalue weighted by Crippen LogP contribution is -2.54. The summed E-state index contributed by atoms with van der Waals surface area (Å²) in [5, 5.41) is 12.2. The lowest BCUT2D eigenvalue weighted by atomic mass is 9.53. The predicted octanol–water partition coefficient (Wildman–Crippen LogP) is 6.53. The van der Waals surface area contributed by atoms with E-state index in [1.807, 2.05) is 6.26 Å². The third-order valence-corrected chi connectivity index (χ3v) is 11.4. The molecular weight excluding hydrogens is 404 g/mol. The minimum Gasteiger partial charge on any atom is -0.388 e. The molecular formula is C27H46O3S. The van der Waals surface area contributed by atoms with E-state index in [0.29, 0.717) is 29.6 Å². The fourth-order valence-corrected chi connectivity index (χ4v) is 9.77. The minimum absolute atomic E-state index is 0.0643. The molecule has 4 heteroatoms. The van der Waals surface area contributed by atoms with Gasteiger partial charge in [0.15, 0.2) is 0 Å². The van der Waals surface area contributed by atoms with Gasteiger partial charge in [-0.1, -0.05) is 47.5 Å². The van der Waals surface area contributed by atoms with Gasteiger partial charge in [0, 0.05) is 24.0 Å². The summed E-state index contributed by atoms with van der Waals surface area (Å²) >= 11 is 1.40. The summed E-state index contributed by atoms with van der Waals surface area (Å²) in [4.78, 5) is 12.6. The zero-order valence-corrected chi connectivity index (χ0v) is 21.5. The topological polar surface area (TPSA) is 46.5 Å². The van der Waals surface area contributed by atoms with E-state index in [0.717, 1.165) is 36.9 Å². The normalized spacial score (nSPS) is 50.1. The van der Waals surface area contributed by atoms with Crippen LogP contribution in [0.1, 0.15) is 92.4 Å². The molecule has 31 heavy (non-hydrogen) atoms. The number of hydrogen-bond acceptors (Lipinski definition) is 4. The highest BCUT2D eigenvalue weighted by Gasteiger charge is 2.72. The Morgan fingerprint density at radius 3 is 2.45 bits per heavy atom. The number of fused-ring (bicyclic) bond motifs is 5. The molecule has 10 atom stereocenters. The Balaban J connectivity index is 1.62. The molecule has 178 valence electrons. The summed E-state index contributed by atoms with van der Waals surface area (Å²) in [6, 6.07) is 0. The van der Waals surface area contributed by atoms with Crippen molar-refractivity contribution in [3.05, 3.63) is 0 Å². The van der Waals surface area contributed by atoms with Gasteiger partial charge in [0.2, 0.25) is 0 Å². The van der Waals surface area contributed by atoms with Gasteiger partial charge in [-0.05, 0) is 91.5 Å². The van der Waals surface area contributed by atoms with E-state index in [1.54, 1.807) is 0 Å². The second-order valence-electron chi connectivity index (χ2n) is 12.6. The number of hydrogen-bond donors (Lipinski definition) is 1. The Morgan fingerprint density at radius 2 is 1.81 bits per heavy atom. The number of carbonyl (C=O) groups excluding carboxylic acids is 1. The van der Waals surface area contributed by atoms with E-state index < -0.39 is 5.60 Å². The van der Waals surface area contributed by atoms with Crippen molar-refractivity contribution < 1.29 is 14.1 Å². The fourth-order valence-electron chi connectivity index (χ4n) is 9.33. The summed E-state index contributed by atoms with van der Waals surface area (Å²) in [6.45, 7) is 12.0. The Morgan fingerprint density at radius 1 is 1.06 bits per heavy atom. The molecule has 0 saturated heterocycles. The van der Waals surface area contributed by atoms with Crippen molar-refractivity contribution in [2.24, 2.45) is 52.3 Å². The predicted molar refractivity (Wildman–Crippen MR) is 129 cm³/mol. The van der Waals surface area contributed by atoms with Crippen molar-refractivity contribution in [3.63, 3.8) is 0 Å². The molecule has 0 amide bonds. The van der Waals surface area contributed by atoms with Gasteiger partial charge >= 0.3 is 0 Å². The van der Waals surface area contributed by atoms with Crippen molar-refractivity contribution in [2.45, 2.75) is 104 Å². The van der Waals surface area contributed by atoms with Crippen LogP contribution in [0.4, 0.5) is 0 Å². The number of carbonyl (C=O) groups is 1. The molecule has 1 N–H and O–H groups in total. The molecule has 0 spiro atoms. The van der Waals surface area contributed by atoms with Gasteiger partial charge < -0.3 is 14.1 Å². The van der Waals surface area contributed by atoms with Gasteiger partial charge in [0.05, 0.1) is 11.7 Å². The standard InChI is InChI=1S/C27H46O3S/c1-17(2)7-8-18(3)20-9-10-21-24-22(12-13-25(20,21)4)26(5)14-11-19(30-31-6)15-27(26,29)23(24)16-28/h16-24,29H,7-15H2,1-6H3/t18-,19+,20-,21?,22?,23?,24?,25-,26-,27-/m1/s1. The van der Waals surface area contributed by atoms with Crippen molar-refractivity contribution in [1.82, 2.24) is 0 Å². The van der Waals surface area contributed by atoms with Gasteiger partial charge in [0.1, 0.15) is 6.29 Å². The lowest BCUT2D eigenvalue weighted by molar-refractivity contribution is -0.152. The third-order valence-electron chi connectivity index (χ3n) is 11.0. The Kier molecular flexibility index (Phi) is 6.69. The van der Waals surface area contributed by atoms with Crippen LogP contribution < -0.4 is 0 Å². The molecule has 0 radical (unpaired) electrons. The van der Waals surface area contributed by atoms with Gasteiger partial charge in [-0.2, -0.15) is 0 Å². The van der Waals surface area contributed by atoms with Gasteiger partial charge in [-0.15, -0.1) is 0 Å². The second-order valence-corrected chi connectivity index (χ2v) is 13.1. The molecule has 0 bridgehead atoms. The van der Waals surface area contributed by atoms with E-state index in [9.17, 15) is 9.90 Å². The SMILES string of the molecule is CSO[C@H]1CC[C@]2(C)C3CC[C@@]4(C)C(CC[C@@H]4[C@H](C)CCC(C)C)C3C(C=O)[C@]2(O)C1.